The molecule has 0 unspecified atom stereocenters. The monoisotopic (exact) mass is 499 g/mol. The molecular formula is C25H32F3NO4S. The van der Waals surface area contributed by atoms with Crippen LogP contribution in [0.4, 0.5) is 18.0 Å². The number of halogens is 3. The van der Waals surface area contributed by atoms with Crippen LogP contribution in [0.15, 0.2) is 23.6 Å². The van der Waals surface area contributed by atoms with Gasteiger partial charge in [-0.15, -0.1) is 11.3 Å². The summed E-state index contributed by atoms with van der Waals surface area (Å²) in [5.74, 6) is 0.100. The lowest BCUT2D eigenvalue weighted by molar-refractivity contribution is -0.137. The summed E-state index contributed by atoms with van der Waals surface area (Å²) in [5, 5.41) is 10.7. The highest BCUT2D eigenvalue weighted by atomic mass is 32.1. The van der Waals surface area contributed by atoms with E-state index < -0.39 is 17.3 Å². The maximum atomic E-state index is 12.4. The van der Waals surface area contributed by atoms with Gasteiger partial charge < -0.3 is 14.7 Å². The molecule has 0 saturated carbocycles. The maximum absolute atomic E-state index is 12.4. The molecule has 34 heavy (non-hydrogen) atoms. The summed E-state index contributed by atoms with van der Waals surface area (Å²) in [5.41, 5.74) is 1.69. The van der Waals surface area contributed by atoms with Crippen LogP contribution in [-0.2, 0) is 36.9 Å². The van der Waals surface area contributed by atoms with Crippen LogP contribution in [-0.4, -0.2) is 34.0 Å². The molecule has 0 saturated heterocycles. The van der Waals surface area contributed by atoms with Crippen molar-refractivity contribution >= 4 is 23.2 Å². The zero-order chi connectivity index (χ0) is 25.7. The number of hydrogen-bond donors (Lipinski definition) is 1. The number of hydrogen-bond acceptors (Lipinski definition) is 5. The number of thiophene rings is 1. The van der Waals surface area contributed by atoms with E-state index in [4.69, 9.17) is 9.84 Å². The molecule has 9 heteroatoms. The first kappa shape index (κ1) is 27.9. The van der Waals surface area contributed by atoms with E-state index in [0.717, 1.165) is 41.0 Å². The van der Waals surface area contributed by atoms with Crippen molar-refractivity contribution in [2.24, 2.45) is 0 Å². The Morgan fingerprint density at radius 2 is 1.79 bits per heavy atom. The number of ether oxygens (including phenoxy) is 1. The molecule has 188 valence electrons. The standard InChI is InChI=1S/C14H19NO3S.C11H13F3O/c1-9(16)11-8-19-12-7-15(6-5-10(11)12)13(17)18-14(2,3)4;1-2-3-8-4-9(7-15)6-10(5-8)11(12,13)14/h8H,5-7H2,1-4H3;4-6,15H,2-3,7H2,1H3. The Morgan fingerprint density at radius 3 is 2.32 bits per heavy atom. The average Bonchev–Trinajstić information content (AvgIpc) is 3.16. The van der Waals surface area contributed by atoms with Crippen LogP contribution >= 0.6 is 11.3 Å². The van der Waals surface area contributed by atoms with Crippen molar-refractivity contribution in [3.05, 3.63) is 56.3 Å². The lowest BCUT2D eigenvalue weighted by atomic mass is 10.0. The zero-order valence-electron chi connectivity index (χ0n) is 20.2. The van der Waals surface area contributed by atoms with Gasteiger partial charge in [-0.25, -0.2) is 4.79 Å². The van der Waals surface area contributed by atoms with Crippen molar-refractivity contribution in [1.82, 2.24) is 4.90 Å². The minimum Gasteiger partial charge on any atom is -0.444 e. The third-order valence-electron chi connectivity index (χ3n) is 5.08. The number of ketones is 1. The Balaban J connectivity index is 0.000000248. The molecular weight excluding hydrogens is 467 g/mol. The van der Waals surface area contributed by atoms with E-state index in [1.165, 1.54) is 0 Å². The van der Waals surface area contributed by atoms with Crippen molar-refractivity contribution < 1.29 is 32.6 Å². The molecule has 2 heterocycles. The second kappa shape index (κ2) is 11.4. The van der Waals surface area contributed by atoms with Gasteiger partial charge in [0, 0.05) is 22.4 Å². The maximum Gasteiger partial charge on any atom is 0.416 e. The van der Waals surface area contributed by atoms with Crippen LogP contribution in [0.25, 0.3) is 0 Å². The molecule has 3 rings (SSSR count). The van der Waals surface area contributed by atoms with Gasteiger partial charge in [-0.2, -0.15) is 13.2 Å². The molecule has 0 bridgehead atoms. The van der Waals surface area contributed by atoms with Crippen LogP contribution in [0.5, 0.6) is 0 Å². The summed E-state index contributed by atoms with van der Waals surface area (Å²) >= 11 is 1.55. The number of carbonyl (C=O) groups is 2. The van der Waals surface area contributed by atoms with E-state index in [9.17, 15) is 22.8 Å². The summed E-state index contributed by atoms with van der Waals surface area (Å²) < 4.78 is 42.7. The van der Waals surface area contributed by atoms with E-state index in [1.807, 2.05) is 33.1 Å². The van der Waals surface area contributed by atoms with Gasteiger partial charge in [-0.3, -0.25) is 4.79 Å². The van der Waals surface area contributed by atoms with Gasteiger partial charge >= 0.3 is 12.3 Å². The number of aliphatic hydroxyl groups excluding tert-OH is 1. The second-order valence-electron chi connectivity index (χ2n) is 9.20. The highest BCUT2D eigenvalue weighted by molar-refractivity contribution is 7.10. The topological polar surface area (TPSA) is 66.8 Å². The Kier molecular flexibility index (Phi) is 9.30. The van der Waals surface area contributed by atoms with E-state index in [2.05, 4.69) is 0 Å². The van der Waals surface area contributed by atoms with Gasteiger partial charge in [-0.05, 0) is 69.4 Å². The number of rotatable bonds is 4. The van der Waals surface area contributed by atoms with Crippen LogP contribution in [0.3, 0.4) is 0 Å². The van der Waals surface area contributed by atoms with Crippen molar-refractivity contribution in [1.29, 1.82) is 0 Å². The molecule has 1 aliphatic heterocycles. The molecule has 1 amide bonds. The third-order valence-corrected chi connectivity index (χ3v) is 6.09. The van der Waals surface area contributed by atoms with Gasteiger partial charge in [0.05, 0.1) is 18.7 Å². The lowest BCUT2D eigenvalue weighted by Gasteiger charge is -2.30. The smallest absolute Gasteiger partial charge is 0.416 e. The first-order chi connectivity index (χ1) is 15.7. The minimum absolute atomic E-state index is 0.100. The van der Waals surface area contributed by atoms with Crippen molar-refractivity contribution in [3.63, 3.8) is 0 Å². The predicted molar refractivity (Wildman–Crippen MR) is 126 cm³/mol. The summed E-state index contributed by atoms with van der Waals surface area (Å²) in [6.07, 6.45) is -2.51. The third kappa shape index (κ3) is 7.84. The first-order valence-corrected chi connectivity index (χ1v) is 12.0. The Labute approximate surface area is 202 Å². The van der Waals surface area contributed by atoms with E-state index in [1.54, 1.807) is 29.2 Å². The Bertz CT molecular complexity index is 1010. The van der Waals surface area contributed by atoms with E-state index in [0.29, 0.717) is 30.6 Å². The Morgan fingerprint density at radius 1 is 1.15 bits per heavy atom. The molecule has 5 nitrogen and oxygen atoms in total. The molecule has 0 aliphatic carbocycles. The molecule has 0 atom stereocenters. The van der Waals surface area contributed by atoms with Gasteiger partial charge in [0.15, 0.2) is 5.78 Å². The number of aryl methyl sites for hydroxylation is 1. The van der Waals surface area contributed by atoms with Crippen LogP contribution < -0.4 is 0 Å². The highest BCUT2D eigenvalue weighted by Crippen LogP contribution is 2.31. The fourth-order valence-electron chi connectivity index (χ4n) is 3.56. The van der Waals surface area contributed by atoms with Crippen molar-refractivity contribution in [2.75, 3.05) is 6.54 Å². The lowest BCUT2D eigenvalue weighted by Crippen LogP contribution is -2.39. The molecule has 1 aromatic heterocycles. The Hall–Kier alpha value is -2.39. The van der Waals surface area contributed by atoms with E-state index >= 15 is 0 Å². The minimum atomic E-state index is -4.34. The quantitative estimate of drug-likeness (QED) is 0.495. The van der Waals surface area contributed by atoms with E-state index in [-0.39, 0.29) is 18.5 Å². The van der Waals surface area contributed by atoms with Gasteiger partial charge in [0.2, 0.25) is 0 Å². The van der Waals surface area contributed by atoms with Crippen molar-refractivity contribution in [2.45, 2.75) is 78.8 Å². The van der Waals surface area contributed by atoms with Gasteiger partial charge in [0.1, 0.15) is 5.60 Å². The normalized spacial score (nSPS) is 13.6. The fraction of sp³-hybridized carbons (Fsp3) is 0.520. The average molecular weight is 500 g/mol. The van der Waals surface area contributed by atoms with Crippen LogP contribution in [0.1, 0.15) is 78.5 Å². The summed E-state index contributed by atoms with van der Waals surface area (Å²) in [6.45, 7) is 9.86. The number of nitrogens with zero attached hydrogens (tertiary/aromatic N) is 1. The molecule has 0 spiro atoms. The highest BCUT2D eigenvalue weighted by Gasteiger charge is 2.31. The molecule has 1 N–H and O–H groups in total. The van der Waals surface area contributed by atoms with Crippen molar-refractivity contribution in [3.8, 4) is 0 Å². The molecule has 2 aromatic rings. The second-order valence-corrected chi connectivity index (χ2v) is 10.2. The zero-order valence-corrected chi connectivity index (χ0v) is 21.0. The predicted octanol–water partition coefficient (Wildman–Crippen LogP) is 6.39. The fourth-order valence-corrected chi connectivity index (χ4v) is 4.71. The van der Waals surface area contributed by atoms with Crippen LogP contribution in [0, 0.1) is 0 Å². The molecule has 1 aliphatic rings. The summed E-state index contributed by atoms with van der Waals surface area (Å²) in [4.78, 5) is 26.3. The molecule has 0 radical (unpaired) electrons. The summed E-state index contributed by atoms with van der Waals surface area (Å²) in [7, 11) is 0. The number of Topliss-reactive ketones (excluding diaryl/α,β-unsaturated/α-hetero) is 1. The van der Waals surface area contributed by atoms with Gasteiger partial charge in [0.25, 0.3) is 0 Å². The number of alkyl halides is 3. The SMILES string of the molecule is CC(=O)c1csc2c1CCN(C(=O)OC(C)(C)C)C2.CCCc1cc(CO)cc(C(F)(F)F)c1. The first-order valence-electron chi connectivity index (χ1n) is 11.1. The van der Waals surface area contributed by atoms with Gasteiger partial charge in [-0.1, -0.05) is 19.4 Å². The number of carbonyl (C=O) groups excluding carboxylic acids is 2. The molecule has 0 fully saturated rings. The molecule has 1 aromatic carbocycles. The number of aliphatic hydroxyl groups is 1. The van der Waals surface area contributed by atoms with Crippen LogP contribution in [0.2, 0.25) is 0 Å². The number of amides is 1. The number of fused-ring (bicyclic) bond motifs is 1. The summed E-state index contributed by atoms with van der Waals surface area (Å²) in [6, 6.07) is 3.74. The largest absolute Gasteiger partial charge is 0.444 e. The number of benzene rings is 1.